The van der Waals surface area contributed by atoms with Crippen molar-refractivity contribution in [1.29, 1.82) is 0 Å². The van der Waals surface area contributed by atoms with Gasteiger partial charge in [-0.05, 0) is 19.3 Å². The first kappa shape index (κ1) is 17.3. The van der Waals surface area contributed by atoms with E-state index >= 15 is 0 Å². The zero-order valence-corrected chi connectivity index (χ0v) is 14.5. The van der Waals surface area contributed by atoms with Gasteiger partial charge in [0, 0.05) is 37.9 Å². The molecular weight excluding hydrogens is 332 g/mol. The molecule has 0 saturated carbocycles. The zero-order chi connectivity index (χ0) is 17.3. The van der Waals surface area contributed by atoms with Crippen molar-refractivity contribution in [3.8, 4) is 0 Å². The maximum absolute atomic E-state index is 12.4. The average molecular weight is 354 g/mol. The molecule has 3 atom stereocenters. The van der Waals surface area contributed by atoms with Crippen molar-refractivity contribution >= 4 is 21.0 Å². The molecule has 0 aliphatic carbocycles. The van der Waals surface area contributed by atoms with Crippen LogP contribution in [-0.2, 0) is 10.0 Å². The van der Waals surface area contributed by atoms with Gasteiger partial charge < -0.3 is 9.63 Å². The van der Waals surface area contributed by atoms with E-state index in [1.165, 1.54) is 12.4 Å². The highest BCUT2D eigenvalue weighted by atomic mass is 32.2. The molecule has 0 bridgehead atoms. The van der Waals surface area contributed by atoms with Crippen LogP contribution in [0.3, 0.4) is 0 Å². The number of rotatable bonds is 6. The Labute approximate surface area is 140 Å². The second kappa shape index (κ2) is 6.75. The number of β-amino-alcohol motifs (C(OH)–C–C–N with tert-alkyl or cyclic N) is 1. The van der Waals surface area contributed by atoms with Gasteiger partial charge in [0.1, 0.15) is 0 Å². The van der Waals surface area contributed by atoms with Crippen molar-refractivity contribution in [1.82, 2.24) is 19.8 Å². The van der Waals surface area contributed by atoms with Crippen molar-refractivity contribution in [2.45, 2.75) is 37.4 Å². The van der Waals surface area contributed by atoms with Crippen LogP contribution in [0.1, 0.15) is 20.3 Å². The summed E-state index contributed by atoms with van der Waals surface area (Å²) >= 11 is 0. The van der Waals surface area contributed by atoms with Gasteiger partial charge in [-0.25, -0.2) is 18.1 Å². The van der Waals surface area contributed by atoms with Gasteiger partial charge in [-0.3, -0.25) is 4.90 Å². The van der Waals surface area contributed by atoms with E-state index in [9.17, 15) is 13.5 Å². The number of aliphatic hydroxyl groups is 1. The molecule has 1 fully saturated rings. The van der Waals surface area contributed by atoms with E-state index in [0.717, 1.165) is 13.0 Å². The van der Waals surface area contributed by atoms with Crippen LogP contribution in [0.4, 0.5) is 0 Å². The lowest BCUT2D eigenvalue weighted by Crippen LogP contribution is -2.41. The summed E-state index contributed by atoms with van der Waals surface area (Å²) in [5.74, 6) is 0.597. The van der Waals surface area contributed by atoms with Crippen molar-refractivity contribution in [3.63, 3.8) is 0 Å². The molecular formula is C15H22N4O4S. The number of sulfonamides is 1. The first-order valence-electron chi connectivity index (χ1n) is 7.98. The van der Waals surface area contributed by atoms with E-state index in [0.29, 0.717) is 29.5 Å². The molecule has 3 rings (SSSR count). The zero-order valence-electron chi connectivity index (χ0n) is 13.7. The minimum Gasteiger partial charge on any atom is -0.390 e. The van der Waals surface area contributed by atoms with Crippen LogP contribution in [0.25, 0.3) is 11.0 Å². The highest BCUT2D eigenvalue weighted by Gasteiger charge is 2.28. The lowest BCUT2D eigenvalue weighted by atomic mass is 10.1. The Morgan fingerprint density at radius 1 is 1.50 bits per heavy atom. The van der Waals surface area contributed by atoms with Gasteiger partial charge in [0.25, 0.3) is 10.0 Å². The molecule has 0 amide bonds. The summed E-state index contributed by atoms with van der Waals surface area (Å²) in [6.45, 7) is 5.60. The van der Waals surface area contributed by atoms with Crippen molar-refractivity contribution in [2.24, 2.45) is 5.92 Å². The molecule has 2 unspecified atom stereocenters. The molecule has 1 aliphatic heterocycles. The maximum Gasteiger partial charge on any atom is 0.258 e. The largest absolute Gasteiger partial charge is 0.390 e. The normalized spacial score (nSPS) is 23.8. The lowest BCUT2D eigenvalue weighted by molar-refractivity contribution is 0.111. The molecule has 0 aromatic carbocycles. The van der Waals surface area contributed by atoms with Crippen LogP contribution in [0, 0.1) is 5.92 Å². The third kappa shape index (κ3) is 3.59. The number of hydrogen-bond acceptors (Lipinski definition) is 7. The molecule has 1 saturated heterocycles. The van der Waals surface area contributed by atoms with Crippen LogP contribution >= 0.6 is 0 Å². The molecule has 9 heteroatoms. The van der Waals surface area contributed by atoms with Crippen molar-refractivity contribution in [3.05, 3.63) is 18.5 Å². The molecule has 0 spiro atoms. The highest BCUT2D eigenvalue weighted by molar-refractivity contribution is 7.89. The second-order valence-electron chi connectivity index (χ2n) is 6.50. The third-order valence-electron chi connectivity index (χ3n) is 4.37. The first-order valence-corrected chi connectivity index (χ1v) is 9.46. The Morgan fingerprint density at radius 2 is 2.29 bits per heavy atom. The van der Waals surface area contributed by atoms with Crippen LogP contribution in [0.5, 0.6) is 0 Å². The first-order chi connectivity index (χ1) is 11.4. The fourth-order valence-electron chi connectivity index (χ4n) is 3.24. The molecule has 3 heterocycles. The molecule has 24 heavy (non-hydrogen) atoms. The molecule has 0 radical (unpaired) electrons. The maximum atomic E-state index is 12.4. The van der Waals surface area contributed by atoms with Gasteiger partial charge in [-0.2, -0.15) is 0 Å². The van der Waals surface area contributed by atoms with Gasteiger partial charge in [-0.1, -0.05) is 12.1 Å². The van der Waals surface area contributed by atoms with Crippen LogP contribution in [0.2, 0.25) is 0 Å². The summed E-state index contributed by atoms with van der Waals surface area (Å²) in [5.41, 5.74) is 0.353. The summed E-state index contributed by atoms with van der Waals surface area (Å²) in [7, 11) is -3.85. The summed E-state index contributed by atoms with van der Waals surface area (Å²) in [4.78, 5) is 6.09. The quantitative estimate of drug-likeness (QED) is 0.781. The number of fused-ring (bicyclic) bond motifs is 1. The summed E-state index contributed by atoms with van der Waals surface area (Å²) in [5, 5.41) is 13.9. The highest BCUT2D eigenvalue weighted by Crippen LogP contribution is 2.22. The van der Waals surface area contributed by atoms with E-state index in [2.05, 4.69) is 33.6 Å². The van der Waals surface area contributed by atoms with E-state index in [4.69, 9.17) is 4.52 Å². The van der Waals surface area contributed by atoms with E-state index in [-0.39, 0.29) is 11.6 Å². The van der Waals surface area contributed by atoms with Crippen LogP contribution in [0.15, 0.2) is 28.0 Å². The number of hydrogen-bond donors (Lipinski definition) is 2. The predicted molar refractivity (Wildman–Crippen MR) is 87.8 cm³/mol. The SMILES string of the molecule is CC1CC(C)N(C[C@@H](O)CNS(=O)(=O)c2nccc3oncc23)C1. The van der Waals surface area contributed by atoms with Crippen LogP contribution < -0.4 is 4.72 Å². The lowest BCUT2D eigenvalue weighted by Gasteiger charge is -2.24. The number of aromatic nitrogens is 2. The Bertz CT molecular complexity index is 807. The summed E-state index contributed by atoms with van der Waals surface area (Å²) in [6.07, 6.45) is 2.98. The molecule has 2 aromatic heterocycles. The number of nitrogens with zero attached hydrogens (tertiary/aromatic N) is 3. The smallest absolute Gasteiger partial charge is 0.258 e. The van der Waals surface area contributed by atoms with Crippen molar-refractivity contribution < 1.29 is 18.0 Å². The minimum absolute atomic E-state index is 0.0662. The number of aliphatic hydroxyl groups excluding tert-OH is 1. The fourth-order valence-corrected chi connectivity index (χ4v) is 4.43. The molecule has 8 nitrogen and oxygen atoms in total. The molecule has 132 valence electrons. The van der Waals surface area contributed by atoms with Gasteiger partial charge in [-0.15, -0.1) is 0 Å². The standard InChI is InChI=1S/C15H22N4O4S/c1-10-5-11(2)19(8-10)9-12(20)6-18-24(21,22)15-13-7-17-23-14(13)3-4-16-15/h3-4,7,10-12,18,20H,5-6,8-9H2,1-2H3/t10?,11?,12-/m0/s1. The predicted octanol–water partition coefficient (Wildman–Crippen LogP) is 0.592. The molecule has 2 N–H and O–H groups in total. The van der Waals surface area contributed by atoms with Gasteiger partial charge in [0.05, 0.1) is 17.7 Å². The fraction of sp³-hybridized carbons (Fsp3) is 0.600. The van der Waals surface area contributed by atoms with Gasteiger partial charge in [0.2, 0.25) is 0 Å². The second-order valence-corrected chi connectivity index (χ2v) is 8.19. The Hall–Kier alpha value is -1.55. The Kier molecular flexibility index (Phi) is 4.86. The Balaban J connectivity index is 1.64. The van der Waals surface area contributed by atoms with Crippen LogP contribution in [-0.4, -0.2) is 60.3 Å². The van der Waals surface area contributed by atoms with E-state index in [1.54, 1.807) is 6.07 Å². The minimum atomic E-state index is -3.85. The Morgan fingerprint density at radius 3 is 3.00 bits per heavy atom. The number of likely N-dealkylation sites (tertiary alicyclic amines) is 1. The van der Waals surface area contributed by atoms with E-state index in [1.807, 2.05) is 0 Å². The number of nitrogens with one attached hydrogen (secondary N) is 1. The third-order valence-corrected chi connectivity index (χ3v) is 5.75. The summed E-state index contributed by atoms with van der Waals surface area (Å²) in [6, 6.07) is 1.95. The summed E-state index contributed by atoms with van der Waals surface area (Å²) < 4.78 is 32.2. The number of pyridine rings is 1. The average Bonchev–Trinajstić information content (AvgIpc) is 3.11. The molecule has 2 aromatic rings. The topological polar surface area (TPSA) is 109 Å². The monoisotopic (exact) mass is 354 g/mol. The van der Waals surface area contributed by atoms with Crippen molar-refractivity contribution in [2.75, 3.05) is 19.6 Å². The molecule has 1 aliphatic rings. The van der Waals surface area contributed by atoms with Gasteiger partial charge >= 0.3 is 0 Å². The van der Waals surface area contributed by atoms with Gasteiger partial charge in [0.15, 0.2) is 10.6 Å². The van der Waals surface area contributed by atoms with E-state index < -0.39 is 16.1 Å².